The molecule has 1 aromatic heterocycles. The molecule has 1 unspecified atom stereocenters. The van der Waals surface area contributed by atoms with Crippen LogP contribution in [0.2, 0.25) is 25.7 Å². The van der Waals surface area contributed by atoms with Gasteiger partial charge in [0.1, 0.15) is 22.7 Å². The zero-order chi connectivity index (χ0) is 18.9. The third-order valence-corrected chi connectivity index (χ3v) is 8.90. The molecule has 1 aromatic rings. The summed E-state index contributed by atoms with van der Waals surface area (Å²) < 4.78 is 33.9. The Hall–Kier alpha value is -0.713. The van der Waals surface area contributed by atoms with Crippen molar-refractivity contribution in [3.05, 3.63) is 28.3 Å². The molecule has 1 atom stereocenters. The molecule has 25 heavy (non-hydrogen) atoms. The van der Waals surface area contributed by atoms with E-state index in [1.807, 2.05) is 26.8 Å². The minimum absolute atomic E-state index is 0.0152. The number of hydrogen-bond donors (Lipinski definition) is 2. The molecule has 0 saturated carbocycles. The van der Waals surface area contributed by atoms with Crippen molar-refractivity contribution in [2.75, 3.05) is 13.3 Å². The molecule has 9 heteroatoms. The maximum Gasteiger partial charge on any atom is 0.252 e. The summed E-state index contributed by atoms with van der Waals surface area (Å²) in [5, 5.41) is 0. The molecule has 0 bridgehead atoms. The van der Waals surface area contributed by atoms with Crippen molar-refractivity contribution in [2.45, 2.75) is 56.2 Å². The molecule has 0 amide bonds. The fraction of sp³-hybridized carbons (Fsp3) is 0.625. The molecule has 0 radical (unpaired) electrons. The summed E-state index contributed by atoms with van der Waals surface area (Å²) in [5.74, 6) is 0. The Balaban J connectivity index is 2.11. The SMILES string of the molecule is CC1=CONC1(C)c1cc(C)sc1S(=O)(=O)NCOCC[Si](C)(C)C. The van der Waals surface area contributed by atoms with Crippen molar-refractivity contribution in [1.29, 1.82) is 0 Å². The summed E-state index contributed by atoms with van der Waals surface area (Å²) in [6.45, 7) is 13.1. The molecule has 0 fully saturated rings. The number of aryl methyl sites for hydroxylation is 1. The molecule has 142 valence electrons. The highest BCUT2D eigenvalue weighted by Crippen LogP contribution is 2.40. The van der Waals surface area contributed by atoms with Crippen molar-refractivity contribution in [3.8, 4) is 0 Å². The lowest BCUT2D eigenvalue weighted by atomic mass is 9.89. The Kier molecular flexibility index (Phi) is 6.17. The zero-order valence-electron chi connectivity index (χ0n) is 15.7. The highest BCUT2D eigenvalue weighted by molar-refractivity contribution is 7.91. The Morgan fingerprint density at radius 3 is 2.60 bits per heavy atom. The molecule has 2 rings (SSSR count). The second-order valence-electron chi connectivity index (χ2n) is 7.71. The van der Waals surface area contributed by atoms with E-state index in [2.05, 4.69) is 29.8 Å². The molecule has 6 nitrogen and oxygen atoms in total. The summed E-state index contributed by atoms with van der Waals surface area (Å²) in [6, 6.07) is 2.89. The van der Waals surface area contributed by atoms with Gasteiger partial charge in [0.2, 0.25) is 0 Å². The van der Waals surface area contributed by atoms with Gasteiger partial charge in [-0.1, -0.05) is 19.6 Å². The lowest BCUT2D eigenvalue weighted by Gasteiger charge is -2.25. The van der Waals surface area contributed by atoms with Gasteiger partial charge in [0.05, 0.1) is 0 Å². The number of hydroxylamine groups is 1. The third kappa shape index (κ3) is 4.93. The van der Waals surface area contributed by atoms with Crippen LogP contribution >= 0.6 is 11.3 Å². The van der Waals surface area contributed by atoms with Crippen LogP contribution < -0.4 is 10.2 Å². The topological polar surface area (TPSA) is 76.7 Å². The van der Waals surface area contributed by atoms with Crippen LogP contribution in [0.15, 0.2) is 22.1 Å². The van der Waals surface area contributed by atoms with E-state index in [1.165, 1.54) is 11.3 Å². The number of hydrogen-bond acceptors (Lipinski definition) is 6. The number of nitrogens with one attached hydrogen (secondary N) is 2. The van der Waals surface area contributed by atoms with Gasteiger partial charge in [-0.05, 0) is 38.5 Å². The third-order valence-electron chi connectivity index (χ3n) is 4.24. The van der Waals surface area contributed by atoms with Crippen LogP contribution in [0, 0.1) is 6.92 Å². The number of thiophene rings is 1. The predicted molar refractivity (Wildman–Crippen MR) is 104 cm³/mol. The standard InChI is InChI=1S/C16H28N2O4S2Si/c1-12-10-22-18-16(12,3)14-9-13(2)23-15(14)24(19,20)17-11-21-7-8-25(4,5)6/h9-10,17-18H,7-8,11H2,1-6H3. The first-order chi connectivity index (χ1) is 11.5. The van der Waals surface area contributed by atoms with Crippen molar-refractivity contribution in [2.24, 2.45) is 0 Å². The smallest absolute Gasteiger partial charge is 0.252 e. The van der Waals surface area contributed by atoms with Gasteiger partial charge in [0.15, 0.2) is 0 Å². The van der Waals surface area contributed by atoms with Crippen LogP contribution in [-0.2, 0) is 25.1 Å². The van der Waals surface area contributed by atoms with Gasteiger partial charge in [0.25, 0.3) is 10.0 Å². The second-order valence-corrected chi connectivity index (χ2v) is 16.6. The van der Waals surface area contributed by atoms with Gasteiger partial charge in [-0.3, -0.25) is 0 Å². The van der Waals surface area contributed by atoms with Gasteiger partial charge >= 0.3 is 0 Å². The van der Waals surface area contributed by atoms with Gasteiger partial charge in [-0.2, -0.15) is 4.72 Å². The van der Waals surface area contributed by atoms with Crippen LogP contribution in [0.1, 0.15) is 24.3 Å². The Morgan fingerprint density at radius 2 is 2.04 bits per heavy atom. The largest absolute Gasteiger partial charge is 0.415 e. The molecule has 2 heterocycles. The molecule has 0 aromatic carbocycles. The fourth-order valence-corrected chi connectivity index (χ4v) is 5.91. The summed E-state index contributed by atoms with van der Waals surface area (Å²) >= 11 is 1.25. The lowest BCUT2D eigenvalue weighted by molar-refractivity contribution is 0.103. The van der Waals surface area contributed by atoms with Gasteiger partial charge in [-0.15, -0.1) is 16.8 Å². The summed E-state index contributed by atoms with van der Waals surface area (Å²) in [5.41, 5.74) is 3.87. The average Bonchev–Trinajstić information content (AvgIpc) is 3.02. The van der Waals surface area contributed by atoms with E-state index in [4.69, 9.17) is 9.57 Å². The Morgan fingerprint density at radius 1 is 1.36 bits per heavy atom. The van der Waals surface area contributed by atoms with Crippen LogP contribution in [0.5, 0.6) is 0 Å². The predicted octanol–water partition coefficient (Wildman–Crippen LogP) is 3.30. The molecule has 0 aliphatic carbocycles. The van der Waals surface area contributed by atoms with Gasteiger partial charge in [0, 0.05) is 25.1 Å². The van der Waals surface area contributed by atoms with Crippen molar-refractivity contribution < 1.29 is 18.0 Å². The van der Waals surface area contributed by atoms with Crippen LogP contribution in [0.3, 0.4) is 0 Å². The number of sulfonamides is 1. The van der Waals surface area contributed by atoms with Crippen LogP contribution in [-0.4, -0.2) is 29.8 Å². The van der Waals surface area contributed by atoms with Crippen LogP contribution in [0.4, 0.5) is 0 Å². The Labute approximate surface area is 155 Å². The van der Waals surface area contributed by atoms with E-state index in [-0.39, 0.29) is 6.73 Å². The summed E-state index contributed by atoms with van der Waals surface area (Å²) in [6.07, 6.45) is 1.61. The number of ether oxygens (including phenoxy) is 1. The van der Waals surface area contributed by atoms with Gasteiger partial charge in [-0.25, -0.2) is 8.42 Å². The molecule has 0 saturated heterocycles. The summed E-state index contributed by atoms with van der Waals surface area (Å²) in [4.78, 5) is 6.13. The first-order valence-corrected chi connectivity index (χ1v) is 14.2. The Bertz CT molecular complexity index is 753. The number of rotatable bonds is 8. The maximum atomic E-state index is 12.8. The zero-order valence-corrected chi connectivity index (χ0v) is 18.4. The molecule has 2 N–H and O–H groups in total. The maximum absolute atomic E-state index is 12.8. The molecule has 1 aliphatic rings. The minimum Gasteiger partial charge on any atom is -0.415 e. The van der Waals surface area contributed by atoms with Gasteiger partial charge < -0.3 is 9.57 Å². The van der Waals surface area contributed by atoms with Crippen LogP contribution in [0.25, 0.3) is 0 Å². The monoisotopic (exact) mass is 404 g/mol. The normalized spacial score (nSPS) is 21.3. The van der Waals surface area contributed by atoms with Crippen molar-refractivity contribution >= 4 is 29.4 Å². The molecule has 0 spiro atoms. The van der Waals surface area contributed by atoms with E-state index in [0.29, 0.717) is 16.4 Å². The van der Waals surface area contributed by atoms with E-state index in [1.54, 1.807) is 6.26 Å². The minimum atomic E-state index is -3.65. The highest BCUT2D eigenvalue weighted by atomic mass is 32.2. The highest BCUT2D eigenvalue weighted by Gasteiger charge is 2.39. The first-order valence-electron chi connectivity index (χ1n) is 8.24. The average molecular weight is 405 g/mol. The van der Waals surface area contributed by atoms with E-state index in [9.17, 15) is 8.42 Å². The molecule has 1 aliphatic heterocycles. The van der Waals surface area contributed by atoms with E-state index in [0.717, 1.165) is 16.5 Å². The van der Waals surface area contributed by atoms with Crippen molar-refractivity contribution in [3.63, 3.8) is 0 Å². The molecular weight excluding hydrogens is 376 g/mol. The van der Waals surface area contributed by atoms with Crippen molar-refractivity contribution in [1.82, 2.24) is 10.2 Å². The second kappa shape index (κ2) is 7.49. The lowest BCUT2D eigenvalue weighted by Crippen LogP contribution is -2.37. The summed E-state index contributed by atoms with van der Waals surface area (Å²) in [7, 11) is -4.84. The van der Waals surface area contributed by atoms with E-state index < -0.39 is 23.6 Å². The quantitative estimate of drug-likeness (QED) is 0.395. The first kappa shape index (κ1) is 20.6. The molecular formula is C16H28N2O4S2Si. The fourth-order valence-electron chi connectivity index (χ4n) is 2.38. The van der Waals surface area contributed by atoms with E-state index >= 15 is 0 Å².